The van der Waals surface area contributed by atoms with Crippen LogP contribution in [0.15, 0.2) is 0 Å². The maximum absolute atomic E-state index is 11.1. The van der Waals surface area contributed by atoms with Crippen molar-refractivity contribution in [2.24, 2.45) is 0 Å². The predicted octanol–water partition coefficient (Wildman–Crippen LogP) is -0.699. The van der Waals surface area contributed by atoms with E-state index in [1.807, 2.05) is 0 Å². The highest BCUT2D eigenvalue weighted by Gasteiger charge is 2.24. The Bertz CT molecular complexity index is 192. The minimum atomic E-state index is -0.168. The average Bonchev–Trinajstić information content (AvgIpc) is 2.54. The molecule has 0 bridgehead atoms. The minimum absolute atomic E-state index is 0.168. The van der Waals surface area contributed by atoms with E-state index in [0.29, 0.717) is 6.61 Å². The molecule has 2 heterocycles. The summed E-state index contributed by atoms with van der Waals surface area (Å²) in [5, 5.41) is 3.27. The van der Waals surface area contributed by atoms with Gasteiger partial charge >= 0.3 is 6.09 Å². The molecule has 0 saturated carbocycles. The van der Waals surface area contributed by atoms with Gasteiger partial charge in [0.2, 0.25) is 0 Å². The summed E-state index contributed by atoms with van der Waals surface area (Å²) in [6.45, 7) is 6.08. The van der Waals surface area contributed by atoms with Crippen LogP contribution < -0.4 is 5.32 Å². The molecule has 2 aliphatic rings. The zero-order valence-corrected chi connectivity index (χ0v) is 7.66. The molecule has 2 saturated heterocycles. The van der Waals surface area contributed by atoms with Gasteiger partial charge in [0, 0.05) is 26.2 Å². The molecule has 5 nitrogen and oxygen atoms in total. The summed E-state index contributed by atoms with van der Waals surface area (Å²) in [7, 11) is 0. The second-order valence-corrected chi connectivity index (χ2v) is 3.39. The molecule has 0 aromatic carbocycles. The van der Waals surface area contributed by atoms with Crippen LogP contribution in [0.5, 0.6) is 0 Å². The summed E-state index contributed by atoms with van der Waals surface area (Å²) in [5.74, 6) is 0. The molecule has 1 N–H and O–H groups in total. The van der Waals surface area contributed by atoms with Gasteiger partial charge in [0.05, 0.1) is 13.2 Å². The minimum Gasteiger partial charge on any atom is -0.447 e. The van der Waals surface area contributed by atoms with Crippen LogP contribution in [-0.2, 0) is 4.74 Å². The van der Waals surface area contributed by atoms with Crippen LogP contribution >= 0.6 is 0 Å². The molecule has 0 radical (unpaired) electrons. The van der Waals surface area contributed by atoms with Crippen LogP contribution in [0, 0.1) is 0 Å². The smallest absolute Gasteiger partial charge is 0.410 e. The molecule has 0 atom stereocenters. The normalized spacial score (nSPS) is 24.9. The maximum atomic E-state index is 11.1. The Kier molecular flexibility index (Phi) is 2.65. The third-order valence-electron chi connectivity index (χ3n) is 2.43. The third kappa shape index (κ3) is 2.10. The van der Waals surface area contributed by atoms with Crippen molar-refractivity contribution in [1.29, 1.82) is 0 Å². The van der Waals surface area contributed by atoms with Crippen LogP contribution in [0.3, 0.4) is 0 Å². The summed E-state index contributed by atoms with van der Waals surface area (Å²) in [5.41, 5.74) is 0. The largest absolute Gasteiger partial charge is 0.447 e. The van der Waals surface area contributed by atoms with Crippen molar-refractivity contribution in [1.82, 2.24) is 15.1 Å². The maximum Gasteiger partial charge on any atom is 0.410 e. The topological polar surface area (TPSA) is 44.8 Å². The van der Waals surface area contributed by atoms with Gasteiger partial charge in [-0.1, -0.05) is 0 Å². The number of cyclic esters (lactones) is 1. The SMILES string of the molecule is O=C1OCCN1CN1CCNCC1. The number of hydrogen-bond donors (Lipinski definition) is 1. The highest BCUT2D eigenvalue weighted by molar-refractivity contribution is 5.69. The number of nitrogens with one attached hydrogen (secondary N) is 1. The van der Waals surface area contributed by atoms with Crippen molar-refractivity contribution < 1.29 is 9.53 Å². The van der Waals surface area contributed by atoms with Gasteiger partial charge in [-0.15, -0.1) is 0 Å². The molecular weight excluding hydrogens is 170 g/mol. The summed E-state index contributed by atoms with van der Waals surface area (Å²) < 4.78 is 4.85. The molecule has 2 fully saturated rings. The lowest BCUT2D eigenvalue weighted by Gasteiger charge is -2.29. The Morgan fingerprint density at radius 1 is 1.31 bits per heavy atom. The molecule has 0 unspecified atom stereocenters. The number of hydrogen-bond acceptors (Lipinski definition) is 4. The van der Waals surface area contributed by atoms with Gasteiger partial charge in [-0.25, -0.2) is 4.79 Å². The first-order valence-corrected chi connectivity index (χ1v) is 4.71. The first-order chi connectivity index (χ1) is 6.36. The Morgan fingerprint density at radius 2 is 2.08 bits per heavy atom. The molecule has 5 heteroatoms. The first kappa shape index (κ1) is 8.77. The molecule has 74 valence electrons. The first-order valence-electron chi connectivity index (χ1n) is 4.71. The predicted molar refractivity (Wildman–Crippen MR) is 47.4 cm³/mol. The number of nitrogens with zero attached hydrogens (tertiary/aromatic N) is 2. The standard InChI is InChI=1S/C8H15N3O2/c12-8-11(5-6-13-8)7-10-3-1-9-2-4-10/h9H,1-7H2. The van der Waals surface area contributed by atoms with Crippen molar-refractivity contribution in [3.8, 4) is 0 Å². The molecule has 13 heavy (non-hydrogen) atoms. The van der Waals surface area contributed by atoms with Gasteiger partial charge in [-0.3, -0.25) is 9.80 Å². The fourth-order valence-electron chi connectivity index (χ4n) is 1.65. The van der Waals surface area contributed by atoms with Crippen molar-refractivity contribution in [3.63, 3.8) is 0 Å². The Balaban J connectivity index is 1.79. The van der Waals surface area contributed by atoms with E-state index >= 15 is 0 Å². The molecule has 0 aromatic heterocycles. The summed E-state index contributed by atoms with van der Waals surface area (Å²) >= 11 is 0. The molecular formula is C8H15N3O2. The third-order valence-corrected chi connectivity index (χ3v) is 2.43. The number of rotatable bonds is 2. The fraction of sp³-hybridized carbons (Fsp3) is 0.875. The lowest BCUT2D eigenvalue weighted by Crippen LogP contribution is -2.48. The molecule has 0 aliphatic carbocycles. The molecule has 2 aliphatic heterocycles. The summed E-state index contributed by atoms with van der Waals surface area (Å²) in [4.78, 5) is 15.1. The van der Waals surface area contributed by atoms with Crippen LogP contribution in [0.1, 0.15) is 0 Å². The van der Waals surface area contributed by atoms with Crippen molar-refractivity contribution in [2.75, 3.05) is 46.0 Å². The van der Waals surface area contributed by atoms with Crippen LogP contribution in [0.2, 0.25) is 0 Å². The highest BCUT2D eigenvalue weighted by Crippen LogP contribution is 2.04. The summed E-state index contributed by atoms with van der Waals surface area (Å²) in [6, 6.07) is 0. The van der Waals surface area contributed by atoms with Crippen molar-refractivity contribution in [3.05, 3.63) is 0 Å². The number of piperazine rings is 1. The van der Waals surface area contributed by atoms with Gasteiger partial charge < -0.3 is 10.1 Å². The average molecular weight is 185 g/mol. The number of amides is 1. The quantitative estimate of drug-likeness (QED) is 0.618. The number of ether oxygens (including phenoxy) is 1. The second kappa shape index (κ2) is 3.93. The van der Waals surface area contributed by atoms with Crippen LogP contribution in [0.4, 0.5) is 4.79 Å². The van der Waals surface area contributed by atoms with E-state index in [1.165, 1.54) is 0 Å². The lowest BCUT2D eigenvalue weighted by atomic mass is 10.4. The van der Waals surface area contributed by atoms with E-state index in [-0.39, 0.29) is 6.09 Å². The molecule has 2 rings (SSSR count). The highest BCUT2D eigenvalue weighted by atomic mass is 16.6. The number of carbonyl (C=O) groups excluding carboxylic acids is 1. The summed E-state index contributed by atoms with van der Waals surface area (Å²) in [6.07, 6.45) is -0.168. The van der Waals surface area contributed by atoms with E-state index < -0.39 is 0 Å². The fourth-order valence-corrected chi connectivity index (χ4v) is 1.65. The zero-order chi connectivity index (χ0) is 9.10. The monoisotopic (exact) mass is 185 g/mol. The van der Waals surface area contributed by atoms with Crippen molar-refractivity contribution >= 4 is 6.09 Å². The Hall–Kier alpha value is -0.810. The van der Waals surface area contributed by atoms with E-state index in [2.05, 4.69) is 10.2 Å². The second-order valence-electron chi connectivity index (χ2n) is 3.39. The van der Waals surface area contributed by atoms with Crippen LogP contribution in [-0.4, -0.2) is 61.9 Å². The molecule has 0 spiro atoms. The van der Waals surface area contributed by atoms with Gasteiger partial charge in [0.1, 0.15) is 6.61 Å². The van der Waals surface area contributed by atoms with Gasteiger partial charge in [0.25, 0.3) is 0 Å². The van der Waals surface area contributed by atoms with Gasteiger partial charge in [-0.2, -0.15) is 0 Å². The van der Waals surface area contributed by atoms with Gasteiger partial charge in [0.15, 0.2) is 0 Å². The van der Waals surface area contributed by atoms with Gasteiger partial charge in [-0.05, 0) is 0 Å². The van der Waals surface area contributed by atoms with E-state index in [1.54, 1.807) is 4.90 Å². The molecule has 0 aromatic rings. The van der Waals surface area contributed by atoms with Crippen molar-refractivity contribution in [2.45, 2.75) is 0 Å². The molecule has 1 amide bonds. The number of carbonyl (C=O) groups is 1. The van der Waals surface area contributed by atoms with E-state index in [0.717, 1.165) is 39.4 Å². The van der Waals surface area contributed by atoms with Crippen LogP contribution in [0.25, 0.3) is 0 Å². The van der Waals surface area contributed by atoms with E-state index in [4.69, 9.17) is 4.74 Å². The lowest BCUT2D eigenvalue weighted by molar-refractivity contribution is 0.124. The zero-order valence-electron chi connectivity index (χ0n) is 7.66. The Labute approximate surface area is 77.6 Å². The Morgan fingerprint density at radius 3 is 2.69 bits per heavy atom. The van der Waals surface area contributed by atoms with E-state index in [9.17, 15) is 4.79 Å².